The summed E-state index contributed by atoms with van der Waals surface area (Å²) in [6, 6.07) is 13.3. The lowest BCUT2D eigenvalue weighted by Gasteiger charge is -2.26. The van der Waals surface area contributed by atoms with E-state index in [2.05, 4.69) is 5.32 Å². The minimum Gasteiger partial charge on any atom is -0.487 e. The van der Waals surface area contributed by atoms with Crippen molar-refractivity contribution in [1.82, 2.24) is 0 Å². The van der Waals surface area contributed by atoms with Crippen molar-refractivity contribution in [3.8, 4) is 11.5 Å². The Labute approximate surface area is 145 Å². The summed E-state index contributed by atoms with van der Waals surface area (Å²) in [5.41, 5.74) is 1.79. The molecule has 126 valence electrons. The molecule has 6 heteroatoms. The van der Waals surface area contributed by atoms with E-state index in [1.807, 2.05) is 30.3 Å². The number of hydrogen-bond donors (Lipinski definition) is 1. The summed E-state index contributed by atoms with van der Waals surface area (Å²) in [6.07, 6.45) is -0.676. The van der Waals surface area contributed by atoms with Gasteiger partial charge >= 0.3 is 5.97 Å². The molecule has 1 atom stereocenters. The highest BCUT2D eigenvalue weighted by Gasteiger charge is 2.28. The average molecular weight is 348 g/mol. The predicted octanol–water partition coefficient (Wildman–Crippen LogP) is 3.66. The van der Waals surface area contributed by atoms with Crippen LogP contribution < -0.4 is 14.8 Å². The summed E-state index contributed by atoms with van der Waals surface area (Å²) in [6.45, 7) is 2.84. The predicted molar refractivity (Wildman–Crippen MR) is 91.8 cm³/mol. The van der Waals surface area contributed by atoms with Gasteiger partial charge in [0.2, 0.25) is 6.10 Å². The molecule has 0 radical (unpaired) electrons. The van der Waals surface area contributed by atoms with Crippen LogP contribution in [0.4, 0.5) is 5.69 Å². The molecule has 5 nitrogen and oxygen atoms in total. The van der Waals surface area contributed by atoms with Crippen LogP contribution in [0.5, 0.6) is 11.5 Å². The summed E-state index contributed by atoms with van der Waals surface area (Å²) < 4.78 is 16.4. The number of fused-ring (bicyclic) bond motifs is 1. The van der Waals surface area contributed by atoms with Crippen molar-refractivity contribution in [3.05, 3.63) is 53.1 Å². The van der Waals surface area contributed by atoms with Crippen LogP contribution in [0.1, 0.15) is 12.5 Å². The van der Waals surface area contributed by atoms with Gasteiger partial charge in [0.1, 0.15) is 18.1 Å². The molecule has 3 rings (SSSR count). The first-order valence-corrected chi connectivity index (χ1v) is 8.12. The van der Waals surface area contributed by atoms with Crippen molar-refractivity contribution < 1.29 is 19.0 Å². The maximum Gasteiger partial charge on any atom is 0.349 e. The molecule has 0 spiro atoms. The number of hydrogen-bond acceptors (Lipinski definition) is 5. The van der Waals surface area contributed by atoms with Crippen LogP contribution in [-0.2, 0) is 16.1 Å². The summed E-state index contributed by atoms with van der Waals surface area (Å²) in [4.78, 5) is 11.8. The van der Waals surface area contributed by atoms with Gasteiger partial charge < -0.3 is 19.5 Å². The lowest BCUT2D eigenvalue weighted by molar-refractivity contribution is -0.150. The first-order chi connectivity index (χ1) is 11.7. The van der Waals surface area contributed by atoms with Gasteiger partial charge in [-0.2, -0.15) is 0 Å². The quantitative estimate of drug-likeness (QED) is 0.836. The molecule has 1 aliphatic heterocycles. The molecule has 1 heterocycles. The fourth-order valence-corrected chi connectivity index (χ4v) is 2.59. The van der Waals surface area contributed by atoms with E-state index >= 15 is 0 Å². The Morgan fingerprint density at radius 2 is 2.12 bits per heavy atom. The van der Waals surface area contributed by atoms with Crippen molar-refractivity contribution in [3.63, 3.8) is 0 Å². The van der Waals surface area contributed by atoms with Crippen molar-refractivity contribution in [2.75, 3.05) is 18.5 Å². The van der Waals surface area contributed by atoms with E-state index in [9.17, 15) is 4.79 Å². The topological polar surface area (TPSA) is 56.8 Å². The van der Waals surface area contributed by atoms with Gasteiger partial charge in [0.15, 0.2) is 0 Å². The van der Waals surface area contributed by atoms with Gasteiger partial charge in [0.05, 0.1) is 23.9 Å². The molecule has 0 aliphatic carbocycles. The number of anilines is 1. The highest BCUT2D eigenvalue weighted by molar-refractivity contribution is 6.32. The minimum atomic E-state index is -0.676. The van der Waals surface area contributed by atoms with E-state index < -0.39 is 12.1 Å². The molecular weight excluding hydrogens is 330 g/mol. The number of esters is 1. The third-order valence-electron chi connectivity index (χ3n) is 3.57. The lowest BCUT2D eigenvalue weighted by Crippen LogP contribution is -2.38. The van der Waals surface area contributed by atoms with Crippen LogP contribution in [0, 0.1) is 0 Å². The molecule has 0 bridgehead atoms. The van der Waals surface area contributed by atoms with E-state index in [-0.39, 0.29) is 0 Å². The number of carbonyl (C=O) groups is 1. The zero-order valence-electron chi connectivity index (χ0n) is 13.3. The molecule has 1 aliphatic rings. The normalized spacial score (nSPS) is 15.7. The summed E-state index contributed by atoms with van der Waals surface area (Å²) in [5, 5.41) is 3.58. The number of benzene rings is 2. The Morgan fingerprint density at radius 3 is 2.88 bits per heavy atom. The highest BCUT2D eigenvalue weighted by atomic mass is 35.5. The monoisotopic (exact) mass is 347 g/mol. The zero-order chi connectivity index (χ0) is 16.9. The lowest BCUT2D eigenvalue weighted by atomic mass is 10.2. The van der Waals surface area contributed by atoms with Crippen LogP contribution in [0.25, 0.3) is 0 Å². The molecule has 0 fully saturated rings. The number of ether oxygens (including phenoxy) is 3. The molecule has 1 unspecified atom stereocenters. The van der Waals surface area contributed by atoms with Crippen LogP contribution in [-0.4, -0.2) is 25.2 Å². The van der Waals surface area contributed by atoms with Gasteiger partial charge in [-0.3, -0.25) is 0 Å². The second-order valence-corrected chi connectivity index (χ2v) is 5.70. The molecule has 24 heavy (non-hydrogen) atoms. The highest BCUT2D eigenvalue weighted by Crippen LogP contribution is 2.38. The SMILES string of the molecule is CCOC(=O)C1CNc2cc(OCc3ccccc3)c(Cl)cc2O1. The first kappa shape index (κ1) is 16.5. The molecule has 0 saturated heterocycles. The Morgan fingerprint density at radius 1 is 1.33 bits per heavy atom. The third kappa shape index (κ3) is 3.74. The van der Waals surface area contributed by atoms with E-state index in [4.69, 9.17) is 25.8 Å². The fourth-order valence-electron chi connectivity index (χ4n) is 2.38. The molecule has 2 aromatic carbocycles. The summed E-state index contributed by atoms with van der Waals surface area (Å²) in [7, 11) is 0. The number of carbonyl (C=O) groups excluding carboxylic acids is 1. The Hall–Kier alpha value is -2.40. The Kier molecular flexibility index (Phi) is 5.11. The third-order valence-corrected chi connectivity index (χ3v) is 3.86. The molecule has 0 aromatic heterocycles. The van der Waals surface area contributed by atoms with Crippen LogP contribution >= 0.6 is 11.6 Å². The standard InChI is InChI=1S/C18H18ClNO4/c1-2-22-18(21)17-10-20-14-9-15(13(19)8-16(14)24-17)23-11-12-6-4-3-5-7-12/h3-9,17,20H,2,10-11H2,1H3. The number of nitrogens with one attached hydrogen (secondary N) is 1. The van der Waals surface area contributed by atoms with E-state index in [1.165, 1.54) is 0 Å². The molecule has 2 aromatic rings. The second kappa shape index (κ2) is 7.45. The first-order valence-electron chi connectivity index (χ1n) is 7.75. The van der Waals surface area contributed by atoms with E-state index in [1.54, 1.807) is 19.1 Å². The minimum absolute atomic E-state index is 0.318. The summed E-state index contributed by atoms with van der Waals surface area (Å²) in [5.74, 6) is 0.678. The smallest absolute Gasteiger partial charge is 0.349 e. The fraction of sp³-hybridized carbons (Fsp3) is 0.278. The van der Waals surface area contributed by atoms with Gasteiger partial charge in [0, 0.05) is 12.1 Å². The molecule has 0 saturated carbocycles. The van der Waals surface area contributed by atoms with Gasteiger partial charge in [-0.1, -0.05) is 41.9 Å². The van der Waals surface area contributed by atoms with Gasteiger partial charge in [-0.25, -0.2) is 4.79 Å². The Balaban J connectivity index is 1.71. The largest absolute Gasteiger partial charge is 0.487 e. The van der Waals surface area contributed by atoms with Crippen LogP contribution in [0.3, 0.4) is 0 Å². The zero-order valence-corrected chi connectivity index (χ0v) is 14.0. The maximum absolute atomic E-state index is 11.8. The maximum atomic E-state index is 11.8. The number of halogens is 1. The second-order valence-electron chi connectivity index (χ2n) is 5.29. The molecule has 1 N–H and O–H groups in total. The summed E-state index contributed by atoms with van der Waals surface area (Å²) >= 11 is 6.27. The van der Waals surface area contributed by atoms with Crippen molar-refractivity contribution in [2.24, 2.45) is 0 Å². The van der Waals surface area contributed by atoms with Crippen LogP contribution in [0.15, 0.2) is 42.5 Å². The van der Waals surface area contributed by atoms with Crippen molar-refractivity contribution >= 4 is 23.3 Å². The molecule has 0 amide bonds. The van der Waals surface area contributed by atoms with Gasteiger partial charge in [0.25, 0.3) is 0 Å². The van der Waals surface area contributed by atoms with Gasteiger partial charge in [-0.15, -0.1) is 0 Å². The van der Waals surface area contributed by atoms with Crippen LogP contribution in [0.2, 0.25) is 5.02 Å². The molecular formula is C18H18ClNO4. The van der Waals surface area contributed by atoms with E-state index in [0.29, 0.717) is 36.3 Å². The van der Waals surface area contributed by atoms with Gasteiger partial charge in [-0.05, 0) is 12.5 Å². The number of rotatable bonds is 5. The van der Waals surface area contributed by atoms with E-state index in [0.717, 1.165) is 11.3 Å². The van der Waals surface area contributed by atoms with Crippen molar-refractivity contribution in [1.29, 1.82) is 0 Å². The van der Waals surface area contributed by atoms with Crippen molar-refractivity contribution in [2.45, 2.75) is 19.6 Å². The average Bonchev–Trinajstić information content (AvgIpc) is 2.60. The Bertz CT molecular complexity index is 720.